The molecule has 62 valence electrons. The molecule has 11 heavy (non-hydrogen) atoms. The number of hydrogen-bond acceptors (Lipinski definition) is 2. The Balaban J connectivity index is 2.76. The van der Waals surface area contributed by atoms with Gasteiger partial charge in [-0.3, -0.25) is 0 Å². The van der Waals surface area contributed by atoms with Crippen molar-refractivity contribution in [2.24, 2.45) is 0 Å². The Hall–Kier alpha value is 0.110. The molecule has 0 saturated heterocycles. The first-order valence-corrected chi connectivity index (χ1v) is 5.47. The molecule has 1 aromatic heterocycles. The molecule has 1 aromatic rings. The van der Waals surface area contributed by atoms with Crippen LogP contribution in [0.4, 0.5) is 0 Å². The molecule has 1 rings (SSSR count). The van der Waals surface area contributed by atoms with Gasteiger partial charge in [-0.25, -0.2) is 4.98 Å². The van der Waals surface area contributed by atoms with Gasteiger partial charge in [0.25, 0.3) is 0 Å². The summed E-state index contributed by atoms with van der Waals surface area (Å²) in [6, 6.07) is 0. The number of halogens is 1. The lowest BCUT2D eigenvalue weighted by Gasteiger charge is -2.09. The quantitative estimate of drug-likeness (QED) is 0.715. The van der Waals surface area contributed by atoms with E-state index in [2.05, 4.69) is 40.1 Å². The minimum atomic E-state index is 0.507. The molecule has 0 radical (unpaired) electrons. The van der Waals surface area contributed by atoms with Crippen molar-refractivity contribution in [3.8, 4) is 0 Å². The Morgan fingerprint density at radius 3 is 2.55 bits per heavy atom. The zero-order chi connectivity index (χ0) is 8.43. The lowest BCUT2D eigenvalue weighted by molar-refractivity contribution is 0.751. The Morgan fingerprint density at radius 2 is 2.18 bits per heavy atom. The Kier molecular flexibility index (Phi) is 3.07. The van der Waals surface area contributed by atoms with Crippen molar-refractivity contribution in [1.82, 2.24) is 4.98 Å². The van der Waals surface area contributed by atoms with Crippen LogP contribution >= 0.6 is 27.3 Å². The van der Waals surface area contributed by atoms with Crippen LogP contribution in [0.5, 0.6) is 0 Å². The molecule has 1 heterocycles. The monoisotopic (exact) mass is 233 g/mol. The molecular formula is C8H12BrNS. The summed E-state index contributed by atoms with van der Waals surface area (Å²) in [7, 11) is 0. The zero-order valence-corrected chi connectivity index (χ0v) is 9.37. The van der Waals surface area contributed by atoms with Gasteiger partial charge in [0, 0.05) is 21.8 Å². The van der Waals surface area contributed by atoms with Crippen molar-refractivity contribution in [1.29, 1.82) is 0 Å². The topological polar surface area (TPSA) is 12.9 Å². The van der Waals surface area contributed by atoms with E-state index < -0.39 is 0 Å². The van der Waals surface area contributed by atoms with Gasteiger partial charge in [0.05, 0.1) is 5.01 Å². The predicted molar refractivity (Wildman–Crippen MR) is 53.7 cm³/mol. The van der Waals surface area contributed by atoms with Gasteiger partial charge in [-0.2, -0.15) is 0 Å². The molecule has 1 nitrogen and oxygen atoms in total. The fourth-order valence-corrected chi connectivity index (χ4v) is 2.16. The van der Waals surface area contributed by atoms with Crippen LogP contribution in [0.15, 0.2) is 5.38 Å². The maximum atomic E-state index is 4.42. The zero-order valence-electron chi connectivity index (χ0n) is 6.97. The van der Waals surface area contributed by atoms with Crippen LogP contribution in [-0.4, -0.2) is 9.81 Å². The van der Waals surface area contributed by atoms with E-state index in [4.69, 9.17) is 0 Å². The summed E-state index contributed by atoms with van der Waals surface area (Å²) in [5.74, 6) is 0.522. The van der Waals surface area contributed by atoms with Crippen molar-refractivity contribution in [3.63, 3.8) is 0 Å². The van der Waals surface area contributed by atoms with Crippen molar-refractivity contribution < 1.29 is 0 Å². The molecular weight excluding hydrogens is 222 g/mol. The van der Waals surface area contributed by atoms with Crippen LogP contribution in [0.1, 0.15) is 30.5 Å². The number of thiazole rings is 1. The summed E-state index contributed by atoms with van der Waals surface area (Å²) in [6.07, 6.45) is 0. The molecule has 0 bridgehead atoms. The molecule has 0 aliphatic carbocycles. The highest BCUT2D eigenvalue weighted by Gasteiger charge is 2.13. The smallest absolute Gasteiger partial charge is 0.0967 e. The van der Waals surface area contributed by atoms with Crippen LogP contribution in [0, 0.1) is 6.92 Å². The van der Waals surface area contributed by atoms with Gasteiger partial charge < -0.3 is 0 Å². The van der Waals surface area contributed by atoms with E-state index in [1.165, 1.54) is 5.01 Å². The number of rotatable bonds is 2. The third-order valence-corrected chi connectivity index (χ3v) is 3.67. The second-order valence-corrected chi connectivity index (χ2v) is 5.13. The van der Waals surface area contributed by atoms with Crippen molar-refractivity contribution in [2.75, 3.05) is 0 Å². The highest BCUT2D eigenvalue weighted by atomic mass is 79.9. The normalized spacial score (nSPS) is 16.4. The fraction of sp³-hybridized carbons (Fsp3) is 0.625. The lowest BCUT2D eigenvalue weighted by atomic mass is 10.1. The third-order valence-electron chi connectivity index (χ3n) is 1.72. The van der Waals surface area contributed by atoms with Gasteiger partial charge in [-0.1, -0.05) is 29.8 Å². The first-order chi connectivity index (χ1) is 5.11. The Labute approximate surface area is 80.0 Å². The molecule has 0 aliphatic rings. The van der Waals surface area contributed by atoms with Crippen molar-refractivity contribution >= 4 is 27.3 Å². The molecule has 2 atom stereocenters. The molecule has 0 fully saturated rings. The number of alkyl halides is 1. The van der Waals surface area contributed by atoms with Crippen molar-refractivity contribution in [3.05, 3.63) is 16.1 Å². The summed E-state index contributed by atoms with van der Waals surface area (Å²) >= 11 is 5.30. The van der Waals surface area contributed by atoms with Crippen molar-refractivity contribution in [2.45, 2.75) is 31.5 Å². The molecule has 3 heteroatoms. The van der Waals surface area contributed by atoms with E-state index in [-0.39, 0.29) is 0 Å². The van der Waals surface area contributed by atoms with Gasteiger partial charge >= 0.3 is 0 Å². The highest BCUT2D eigenvalue weighted by molar-refractivity contribution is 9.09. The molecule has 2 unspecified atom stereocenters. The SMILES string of the molecule is Cc1csc(C(C)C(C)Br)n1. The van der Waals surface area contributed by atoms with Gasteiger partial charge in [0.2, 0.25) is 0 Å². The number of nitrogens with zero attached hydrogens (tertiary/aromatic N) is 1. The van der Waals surface area contributed by atoms with E-state index in [1.807, 2.05) is 6.92 Å². The van der Waals surface area contributed by atoms with Crippen LogP contribution in [0.3, 0.4) is 0 Å². The largest absolute Gasteiger partial charge is 0.246 e. The fourth-order valence-electron chi connectivity index (χ4n) is 0.778. The minimum absolute atomic E-state index is 0.507. The first kappa shape index (κ1) is 9.20. The molecule has 0 saturated carbocycles. The third kappa shape index (κ3) is 2.27. The number of hydrogen-bond donors (Lipinski definition) is 0. The molecule has 0 aliphatic heterocycles. The standard InChI is InChI=1S/C8H12BrNS/c1-5-4-11-8(10-5)6(2)7(3)9/h4,6-7H,1-3H3. The molecule has 0 spiro atoms. The van der Waals surface area contributed by atoms with Gasteiger partial charge in [-0.15, -0.1) is 11.3 Å². The molecule has 0 aromatic carbocycles. The maximum Gasteiger partial charge on any atom is 0.0967 e. The first-order valence-electron chi connectivity index (χ1n) is 3.67. The van der Waals surface area contributed by atoms with Crippen LogP contribution in [0.2, 0.25) is 0 Å². The molecule has 0 N–H and O–H groups in total. The maximum absolute atomic E-state index is 4.42. The average molecular weight is 234 g/mol. The lowest BCUT2D eigenvalue weighted by Crippen LogP contribution is -2.03. The predicted octanol–water partition coefficient (Wildman–Crippen LogP) is 3.34. The summed E-state index contributed by atoms with van der Waals surface area (Å²) in [4.78, 5) is 4.93. The van der Waals surface area contributed by atoms with Crippen LogP contribution in [0.25, 0.3) is 0 Å². The van der Waals surface area contributed by atoms with Gasteiger partial charge in [0.1, 0.15) is 0 Å². The van der Waals surface area contributed by atoms with E-state index in [0.717, 1.165) is 5.69 Å². The summed E-state index contributed by atoms with van der Waals surface area (Å²) < 4.78 is 0. The highest BCUT2D eigenvalue weighted by Crippen LogP contribution is 2.26. The van der Waals surface area contributed by atoms with Gasteiger partial charge in [0.15, 0.2) is 0 Å². The summed E-state index contributed by atoms with van der Waals surface area (Å²) in [6.45, 7) is 6.38. The Bertz CT molecular complexity index is 232. The van der Waals surface area contributed by atoms with Crippen LogP contribution < -0.4 is 0 Å². The van der Waals surface area contributed by atoms with Crippen LogP contribution in [-0.2, 0) is 0 Å². The summed E-state index contributed by atoms with van der Waals surface area (Å²) in [5.41, 5.74) is 1.13. The van der Waals surface area contributed by atoms with E-state index in [0.29, 0.717) is 10.7 Å². The minimum Gasteiger partial charge on any atom is -0.246 e. The van der Waals surface area contributed by atoms with E-state index >= 15 is 0 Å². The number of aryl methyl sites for hydroxylation is 1. The number of aromatic nitrogens is 1. The van der Waals surface area contributed by atoms with E-state index in [1.54, 1.807) is 11.3 Å². The Morgan fingerprint density at radius 1 is 1.55 bits per heavy atom. The summed E-state index contributed by atoms with van der Waals surface area (Å²) in [5, 5.41) is 3.33. The average Bonchev–Trinajstić information content (AvgIpc) is 2.34. The second kappa shape index (κ2) is 3.68. The molecule has 0 amide bonds. The van der Waals surface area contributed by atoms with E-state index in [9.17, 15) is 0 Å². The van der Waals surface area contributed by atoms with Gasteiger partial charge in [-0.05, 0) is 6.92 Å². The second-order valence-electron chi connectivity index (χ2n) is 2.79.